The van der Waals surface area contributed by atoms with Gasteiger partial charge in [-0.3, -0.25) is 14.4 Å². The molecule has 0 spiro atoms. The molecular formula is C22H25N5O. The monoisotopic (exact) mass is 375 g/mol. The fraction of sp³-hybridized carbons (Fsp3) is 0.409. The Labute approximate surface area is 164 Å². The van der Waals surface area contributed by atoms with Crippen molar-refractivity contribution in [3.63, 3.8) is 0 Å². The lowest BCUT2D eigenvalue weighted by atomic mass is 10.0. The van der Waals surface area contributed by atoms with Crippen LogP contribution in [-0.4, -0.2) is 50.7 Å². The molecule has 1 aromatic carbocycles. The van der Waals surface area contributed by atoms with E-state index < -0.39 is 0 Å². The van der Waals surface area contributed by atoms with E-state index >= 15 is 0 Å². The zero-order chi connectivity index (χ0) is 19.3. The van der Waals surface area contributed by atoms with Crippen molar-refractivity contribution in [3.8, 4) is 11.3 Å². The van der Waals surface area contributed by atoms with Crippen molar-refractivity contribution in [3.05, 3.63) is 47.7 Å². The minimum absolute atomic E-state index is 0.0247. The number of hydrogen-bond donors (Lipinski definition) is 1. The molecule has 1 atom stereocenters. The molecule has 1 N–H and O–H groups in total. The van der Waals surface area contributed by atoms with Gasteiger partial charge >= 0.3 is 0 Å². The second-order valence-electron chi connectivity index (χ2n) is 8.01. The van der Waals surface area contributed by atoms with Crippen LogP contribution in [0.2, 0.25) is 0 Å². The first-order valence-electron chi connectivity index (χ1n) is 10.0. The van der Waals surface area contributed by atoms with E-state index in [0.717, 1.165) is 53.5 Å². The first-order chi connectivity index (χ1) is 13.6. The first-order valence-corrected chi connectivity index (χ1v) is 10.0. The fourth-order valence-corrected chi connectivity index (χ4v) is 4.32. The SMILES string of the molecule is Cc1nn(C)c2nc(-c3ccccc3)cc(C(=O)NC3CCN(C4CC4)C3)c12. The van der Waals surface area contributed by atoms with Crippen LogP contribution in [-0.2, 0) is 7.05 Å². The summed E-state index contributed by atoms with van der Waals surface area (Å²) in [5.41, 5.74) is 4.04. The molecule has 1 aliphatic heterocycles. The highest BCUT2D eigenvalue weighted by Crippen LogP contribution is 2.30. The van der Waals surface area contributed by atoms with E-state index in [-0.39, 0.29) is 11.9 Å². The van der Waals surface area contributed by atoms with Crippen LogP contribution in [0.1, 0.15) is 35.3 Å². The number of nitrogens with one attached hydrogen (secondary N) is 1. The van der Waals surface area contributed by atoms with Gasteiger partial charge in [-0.2, -0.15) is 5.10 Å². The number of carbonyl (C=O) groups is 1. The van der Waals surface area contributed by atoms with Crippen LogP contribution in [0.5, 0.6) is 0 Å². The first kappa shape index (κ1) is 17.4. The van der Waals surface area contributed by atoms with E-state index in [1.807, 2.05) is 50.4 Å². The minimum Gasteiger partial charge on any atom is -0.348 e. The van der Waals surface area contributed by atoms with Gasteiger partial charge in [0.1, 0.15) is 0 Å². The van der Waals surface area contributed by atoms with Crippen LogP contribution in [0.3, 0.4) is 0 Å². The highest BCUT2D eigenvalue weighted by molar-refractivity contribution is 6.07. The number of aromatic nitrogens is 3. The number of nitrogens with zero attached hydrogens (tertiary/aromatic N) is 4. The third kappa shape index (κ3) is 3.07. The lowest BCUT2D eigenvalue weighted by Gasteiger charge is -2.16. The molecule has 1 unspecified atom stereocenters. The van der Waals surface area contributed by atoms with Gasteiger partial charge < -0.3 is 5.32 Å². The van der Waals surface area contributed by atoms with Gasteiger partial charge in [0.2, 0.25) is 0 Å². The van der Waals surface area contributed by atoms with Crippen LogP contribution in [0.25, 0.3) is 22.3 Å². The average molecular weight is 375 g/mol. The maximum absolute atomic E-state index is 13.3. The topological polar surface area (TPSA) is 63.1 Å². The van der Waals surface area contributed by atoms with Crippen molar-refractivity contribution < 1.29 is 4.79 Å². The Morgan fingerprint density at radius 1 is 1.18 bits per heavy atom. The molecule has 1 aliphatic carbocycles. The Hall–Kier alpha value is -2.73. The molecule has 6 heteroatoms. The summed E-state index contributed by atoms with van der Waals surface area (Å²) in [6.45, 7) is 3.98. The van der Waals surface area contributed by atoms with Crippen molar-refractivity contribution in [2.24, 2.45) is 7.05 Å². The number of pyridine rings is 1. The Kier molecular flexibility index (Phi) is 4.16. The molecule has 0 bridgehead atoms. The number of benzene rings is 1. The summed E-state index contributed by atoms with van der Waals surface area (Å²) in [6, 6.07) is 12.9. The third-order valence-electron chi connectivity index (χ3n) is 5.90. The van der Waals surface area contributed by atoms with Gasteiger partial charge in [-0.1, -0.05) is 30.3 Å². The molecule has 0 radical (unpaired) electrons. The molecule has 3 aromatic rings. The Morgan fingerprint density at radius 3 is 2.71 bits per heavy atom. The summed E-state index contributed by atoms with van der Waals surface area (Å²) < 4.78 is 1.76. The zero-order valence-corrected chi connectivity index (χ0v) is 16.4. The van der Waals surface area contributed by atoms with Gasteiger partial charge in [0.05, 0.1) is 22.3 Å². The summed E-state index contributed by atoms with van der Waals surface area (Å²) in [4.78, 5) is 20.6. The lowest BCUT2D eigenvalue weighted by molar-refractivity contribution is 0.0939. The predicted molar refractivity (Wildman–Crippen MR) is 109 cm³/mol. The number of likely N-dealkylation sites (tertiary alicyclic amines) is 1. The second kappa shape index (κ2) is 6.71. The minimum atomic E-state index is -0.0247. The van der Waals surface area contributed by atoms with Crippen LogP contribution in [0.15, 0.2) is 36.4 Å². The largest absolute Gasteiger partial charge is 0.348 e. The van der Waals surface area contributed by atoms with Crippen LogP contribution < -0.4 is 5.32 Å². The van der Waals surface area contributed by atoms with Gasteiger partial charge in [0, 0.05) is 37.8 Å². The summed E-state index contributed by atoms with van der Waals surface area (Å²) in [5, 5.41) is 8.62. The van der Waals surface area contributed by atoms with E-state index in [0.29, 0.717) is 5.56 Å². The zero-order valence-electron chi connectivity index (χ0n) is 16.4. The van der Waals surface area contributed by atoms with Crippen molar-refractivity contribution >= 4 is 16.9 Å². The van der Waals surface area contributed by atoms with Crippen LogP contribution in [0, 0.1) is 6.92 Å². The number of amides is 1. The maximum atomic E-state index is 13.3. The van der Waals surface area contributed by atoms with E-state index in [1.165, 1.54) is 12.8 Å². The van der Waals surface area contributed by atoms with E-state index in [9.17, 15) is 4.79 Å². The van der Waals surface area contributed by atoms with Gasteiger partial charge in [0.15, 0.2) is 5.65 Å². The van der Waals surface area contributed by atoms with Crippen molar-refractivity contribution in [2.75, 3.05) is 13.1 Å². The normalized spacial score (nSPS) is 20.0. The molecular weight excluding hydrogens is 350 g/mol. The quantitative estimate of drug-likeness (QED) is 0.762. The van der Waals surface area contributed by atoms with Crippen LogP contribution in [0.4, 0.5) is 0 Å². The number of hydrogen-bond acceptors (Lipinski definition) is 4. The molecule has 2 aliphatic rings. The molecule has 2 aromatic heterocycles. The average Bonchev–Trinajstić information content (AvgIpc) is 3.39. The van der Waals surface area contributed by atoms with Crippen molar-refractivity contribution in [1.29, 1.82) is 0 Å². The summed E-state index contributed by atoms with van der Waals surface area (Å²) in [7, 11) is 1.88. The molecule has 2 fully saturated rings. The lowest BCUT2D eigenvalue weighted by Crippen LogP contribution is -2.37. The van der Waals surface area contributed by atoms with Gasteiger partial charge in [-0.15, -0.1) is 0 Å². The van der Waals surface area contributed by atoms with Crippen LogP contribution >= 0.6 is 0 Å². The third-order valence-corrected chi connectivity index (χ3v) is 5.90. The Morgan fingerprint density at radius 2 is 1.96 bits per heavy atom. The van der Waals surface area contributed by atoms with Gasteiger partial charge in [-0.05, 0) is 32.3 Å². The van der Waals surface area contributed by atoms with Crippen molar-refractivity contribution in [1.82, 2.24) is 25.0 Å². The molecule has 3 heterocycles. The van der Waals surface area contributed by atoms with Gasteiger partial charge in [0.25, 0.3) is 5.91 Å². The number of rotatable bonds is 4. The standard InChI is InChI=1S/C22H25N5O/c1-14-20-18(22(28)23-16-10-11-27(13-16)17-8-9-17)12-19(15-6-4-3-5-7-15)24-21(20)26(2)25-14/h3-7,12,16-17H,8-11,13H2,1-2H3,(H,23,28). The highest BCUT2D eigenvalue weighted by Gasteiger charge is 2.35. The van der Waals surface area contributed by atoms with E-state index in [4.69, 9.17) is 4.98 Å². The highest BCUT2D eigenvalue weighted by atomic mass is 16.1. The Balaban J connectivity index is 1.51. The van der Waals surface area contributed by atoms with E-state index in [2.05, 4.69) is 15.3 Å². The smallest absolute Gasteiger partial charge is 0.252 e. The van der Waals surface area contributed by atoms with Crippen molar-refractivity contribution in [2.45, 2.75) is 38.3 Å². The van der Waals surface area contributed by atoms with Gasteiger partial charge in [-0.25, -0.2) is 4.98 Å². The molecule has 5 rings (SSSR count). The Bertz CT molecular complexity index is 1040. The molecule has 1 amide bonds. The molecule has 144 valence electrons. The molecule has 6 nitrogen and oxygen atoms in total. The predicted octanol–water partition coefficient (Wildman–Crippen LogP) is 2.91. The molecule has 1 saturated heterocycles. The summed E-state index contributed by atoms with van der Waals surface area (Å²) in [5.74, 6) is -0.0247. The molecule has 1 saturated carbocycles. The maximum Gasteiger partial charge on any atom is 0.252 e. The summed E-state index contributed by atoms with van der Waals surface area (Å²) in [6.07, 6.45) is 3.63. The fourth-order valence-electron chi connectivity index (χ4n) is 4.32. The van der Waals surface area contributed by atoms with E-state index in [1.54, 1.807) is 4.68 Å². The number of aryl methyl sites for hydroxylation is 2. The molecule has 28 heavy (non-hydrogen) atoms. The number of fused-ring (bicyclic) bond motifs is 1. The second-order valence-corrected chi connectivity index (χ2v) is 8.01. The summed E-state index contributed by atoms with van der Waals surface area (Å²) >= 11 is 0. The number of carbonyl (C=O) groups excluding carboxylic acids is 1.